The van der Waals surface area contributed by atoms with Crippen molar-refractivity contribution in [2.75, 3.05) is 6.61 Å². The molecule has 1 fully saturated rings. The first-order chi connectivity index (χ1) is 16.8. The van der Waals surface area contributed by atoms with Crippen molar-refractivity contribution in [2.24, 2.45) is 0 Å². The molecule has 1 unspecified atom stereocenters. The molecular formula is C27H34ClNO6. The number of hydrogen-bond donors (Lipinski definition) is 2. The average molecular weight is 504 g/mol. The van der Waals surface area contributed by atoms with E-state index in [9.17, 15) is 14.7 Å². The molecule has 1 atom stereocenters. The van der Waals surface area contributed by atoms with Gasteiger partial charge < -0.3 is 24.6 Å². The van der Waals surface area contributed by atoms with Crippen LogP contribution in [-0.4, -0.2) is 41.9 Å². The van der Waals surface area contributed by atoms with E-state index < -0.39 is 12.1 Å². The topological polar surface area (TPSA) is 94.1 Å². The highest BCUT2D eigenvalue weighted by atomic mass is 35.5. The molecule has 35 heavy (non-hydrogen) atoms. The van der Waals surface area contributed by atoms with Crippen LogP contribution in [-0.2, 0) is 22.5 Å². The molecule has 0 aliphatic heterocycles. The zero-order valence-corrected chi connectivity index (χ0v) is 21.3. The van der Waals surface area contributed by atoms with Crippen LogP contribution in [0.3, 0.4) is 0 Å². The summed E-state index contributed by atoms with van der Waals surface area (Å²) in [4.78, 5) is 24.6. The molecule has 7 nitrogen and oxygen atoms in total. The molecule has 3 rings (SSSR count). The maximum atomic E-state index is 12.9. The van der Waals surface area contributed by atoms with Crippen molar-refractivity contribution >= 4 is 23.5 Å². The highest BCUT2D eigenvalue weighted by Gasteiger charge is 2.22. The molecule has 0 bridgehead atoms. The van der Waals surface area contributed by atoms with Crippen molar-refractivity contribution in [2.45, 2.75) is 77.7 Å². The molecule has 2 aromatic carbocycles. The van der Waals surface area contributed by atoms with Crippen molar-refractivity contribution in [1.82, 2.24) is 5.32 Å². The fraction of sp³-hybridized carbons (Fsp3) is 0.481. The molecule has 2 N–H and O–H groups in total. The first kappa shape index (κ1) is 26.8. The van der Waals surface area contributed by atoms with Gasteiger partial charge in [0.25, 0.3) is 5.91 Å². The second-order valence-corrected chi connectivity index (χ2v) is 9.34. The van der Waals surface area contributed by atoms with Gasteiger partial charge in [0.05, 0.1) is 29.4 Å². The lowest BCUT2D eigenvalue weighted by Crippen LogP contribution is -2.30. The standard InChI is InChI=1S/C27H34ClNO6/c1-4-33-21-10-9-18(14-25(27(31)32)34-17(2)3)19(13-21)16-29-26(30)23-12-11-22(15-24(23)28)35-20-7-5-6-8-20/h9-13,15,17,20,25H,4-8,14,16H2,1-3H3,(H,29,30)(H,31,32). The van der Waals surface area contributed by atoms with Crippen molar-refractivity contribution in [3.05, 3.63) is 58.1 Å². The number of carbonyl (C=O) groups is 2. The van der Waals surface area contributed by atoms with Crippen LogP contribution in [0.25, 0.3) is 0 Å². The minimum atomic E-state index is -1.03. The number of aliphatic carboxylic acids is 1. The van der Waals surface area contributed by atoms with E-state index in [1.165, 1.54) is 12.8 Å². The number of benzene rings is 2. The highest BCUT2D eigenvalue weighted by Crippen LogP contribution is 2.28. The Morgan fingerprint density at radius 1 is 1.09 bits per heavy atom. The molecule has 1 saturated carbocycles. The first-order valence-corrected chi connectivity index (χ1v) is 12.5. The lowest BCUT2D eigenvalue weighted by atomic mass is 10.0. The summed E-state index contributed by atoms with van der Waals surface area (Å²) in [7, 11) is 0. The van der Waals surface area contributed by atoms with Crippen LogP contribution >= 0.6 is 11.6 Å². The maximum absolute atomic E-state index is 12.9. The smallest absolute Gasteiger partial charge is 0.333 e. The summed E-state index contributed by atoms with van der Waals surface area (Å²) in [5.74, 6) is -0.0590. The maximum Gasteiger partial charge on any atom is 0.333 e. The summed E-state index contributed by atoms with van der Waals surface area (Å²) in [6, 6.07) is 10.5. The van der Waals surface area contributed by atoms with Crippen LogP contribution in [0.15, 0.2) is 36.4 Å². The number of amides is 1. The molecule has 0 heterocycles. The fourth-order valence-electron chi connectivity index (χ4n) is 4.17. The Morgan fingerprint density at radius 2 is 1.80 bits per heavy atom. The Bertz CT molecular complexity index is 1020. The van der Waals surface area contributed by atoms with E-state index in [1.54, 1.807) is 38.1 Å². The van der Waals surface area contributed by atoms with Gasteiger partial charge in [-0.2, -0.15) is 0 Å². The van der Waals surface area contributed by atoms with Gasteiger partial charge in [-0.3, -0.25) is 4.79 Å². The molecule has 0 aromatic heterocycles. The Kier molecular flexibility index (Phi) is 9.81. The Balaban J connectivity index is 1.72. The molecule has 190 valence electrons. The Hall–Kier alpha value is -2.77. The van der Waals surface area contributed by atoms with Crippen molar-refractivity contribution in [1.29, 1.82) is 0 Å². The molecular weight excluding hydrogens is 470 g/mol. The molecule has 2 aromatic rings. The quantitative estimate of drug-likeness (QED) is 0.402. The highest BCUT2D eigenvalue weighted by molar-refractivity contribution is 6.34. The van der Waals surface area contributed by atoms with E-state index in [0.717, 1.165) is 24.0 Å². The summed E-state index contributed by atoms with van der Waals surface area (Å²) in [6.07, 6.45) is 3.55. The Morgan fingerprint density at radius 3 is 2.43 bits per heavy atom. The van der Waals surface area contributed by atoms with E-state index in [-0.39, 0.29) is 31.1 Å². The lowest BCUT2D eigenvalue weighted by molar-refractivity contribution is -0.153. The third kappa shape index (κ3) is 7.87. The van der Waals surface area contributed by atoms with Crippen molar-refractivity contribution in [3.8, 4) is 11.5 Å². The van der Waals surface area contributed by atoms with E-state index in [2.05, 4.69) is 5.32 Å². The lowest BCUT2D eigenvalue weighted by Gasteiger charge is -2.19. The average Bonchev–Trinajstić information content (AvgIpc) is 3.31. The summed E-state index contributed by atoms with van der Waals surface area (Å²) < 4.78 is 17.1. The third-order valence-corrected chi connectivity index (χ3v) is 6.15. The molecule has 8 heteroatoms. The van der Waals surface area contributed by atoms with Gasteiger partial charge in [0, 0.05) is 13.0 Å². The number of ether oxygens (including phenoxy) is 3. The monoisotopic (exact) mass is 503 g/mol. The van der Waals surface area contributed by atoms with Gasteiger partial charge in [-0.1, -0.05) is 17.7 Å². The number of nitrogens with one attached hydrogen (secondary N) is 1. The van der Waals surface area contributed by atoms with Gasteiger partial charge in [-0.25, -0.2) is 4.79 Å². The van der Waals surface area contributed by atoms with Gasteiger partial charge in [0.2, 0.25) is 0 Å². The van der Waals surface area contributed by atoms with Crippen LogP contribution in [0, 0.1) is 0 Å². The van der Waals surface area contributed by atoms with Crippen LogP contribution in [0.4, 0.5) is 0 Å². The number of hydrogen-bond acceptors (Lipinski definition) is 5. The zero-order valence-electron chi connectivity index (χ0n) is 20.5. The second kappa shape index (κ2) is 12.8. The normalized spacial score (nSPS) is 14.7. The van der Waals surface area contributed by atoms with E-state index in [0.29, 0.717) is 28.7 Å². The number of carboxylic acids is 1. The first-order valence-electron chi connectivity index (χ1n) is 12.1. The van der Waals surface area contributed by atoms with E-state index >= 15 is 0 Å². The predicted molar refractivity (Wildman–Crippen MR) is 134 cm³/mol. The number of carboxylic acid groups (broad SMARTS) is 1. The molecule has 1 aliphatic rings. The van der Waals surface area contributed by atoms with E-state index in [4.69, 9.17) is 25.8 Å². The number of halogens is 1. The van der Waals surface area contributed by atoms with Crippen LogP contribution in [0.1, 0.15) is 67.9 Å². The van der Waals surface area contributed by atoms with Crippen LogP contribution in [0.5, 0.6) is 11.5 Å². The third-order valence-electron chi connectivity index (χ3n) is 5.84. The zero-order chi connectivity index (χ0) is 25.4. The number of carbonyl (C=O) groups excluding carboxylic acids is 1. The van der Waals surface area contributed by atoms with Crippen LogP contribution in [0.2, 0.25) is 5.02 Å². The SMILES string of the molecule is CCOc1ccc(CC(OC(C)C)C(=O)O)c(CNC(=O)c2ccc(OC3CCCC3)cc2Cl)c1. The summed E-state index contributed by atoms with van der Waals surface area (Å²) in [6.45, 7) is 6.14. The summed E-state index contributed by atoms with van der Waals surface area (Å²) in [5.41, 5.74) is 1.85. The molecule has 0 saturated heterocycles. The molecule has 1 aliphatic carbocycles. The minimum absolute atomic E-state index is 0.166. The van der Waals surface area contributed by atoms with Gasteiger partial charge >= 0.3 is 5.97 Å². The Labute approximate surface area is 211 Å². The number of rotatable bonds is 12. The summed E-state index contributed by atoms with van der Waals surface area (Å²) in [5, 5.41) is 12.8. The molecule has 0 spiro atoms. The van der Waals surface area contributed by atoms with Gasteiger partial charge in [-0.15, -0.1) is 0 Å². The van der Waals surface area contributed by atoms with Crippen molar-refractivity contribution in [3.63, 3.8) is 0 Å². The molecule has 0 radical (unpaired) electrons. The van der Waals surface area contributed by atoms with Crippen molar-refractivity contribution < 1.29 is 28.9 Å². The minimum Gasteiger partial charge on any atom is -0.494 e. The van der Waals surface area contributed by atoms with Gasteiger partial charge in [0.15, 0.2) is 6.10 Å². The van der Waals surface area contributed by atoms with Crippen LogP contribution < -0.4 is 14.8 Å². The largest absolute Gasteiger partial charge is 0.494 e. The molecule has 1 amide bonds. The van der Waals surface area contributed by atoms with E-state index in [1.807, 2.05) is 19.1 Å². The predicted octanol–water partition coefficient (Wildman–Crippen LogP) is 5.41. The second-order valence-electron chi connectivity index (χ2n) is 8.93. The fourth-order valence-corrected chi connectivity index (χ4v) is 4.42. The van der Waals surface area contributed by atoms with Gasteiger partial charge in [0.1, 0.15) is 11.5 Å². The van der Waals surface area contributed by atoms with Gasteiger partial charge in [-0.05, 0) is 87.9 Å². The summed E-state index contributed by atoms with van der Waals surface area (Å²) >= 11 is 6.40.